The van der Waals surface area contributed by atoms with E-state index in [1.807, 2.05) is 24.3 Å². The maximum absolute atomic E-state index is 11.4. The van der Waals surface area contributed by atoms with E-state index in [0.29, 0.717) is 17.6 Å². The van der Waals surface area contributed by atoms with Crippen LogP contribution in [0.15, 0.2) is 52.9 Å². The Morgan fingerprint density at radius 1 is 1.19 bits per heavy atom. The van der Waals surface area contributed by atoms with Crippen molar-refractivity contribution in [3.63, 3.8) is 0 Å². The maximum atomic E-state index is 11.4. The molecule has 0 saturated carbocycles. The van der Waals surface area contributed by atoms with Gasteiger partial charge in [-0.1, -0.05) is 52.0 Å². The van der Waals surface area contributed by atoms with E-state index in [1.165, 1.54) is 18.7 Å². The Balaban J connectivity index is 0.000000488. The third-order valence-electron chi connectivity index (χ3n) is 4.56. The van der Waals surface area contributed by atoms with Gasteiger partial charge >= 0.3 is 0 Å². The van der Waals surface area contributed by atoms with Crippen molar-refractivity contribution >= 4 is 5.78 Å². The minimum atomic E-state index is -0.118. The molecule has 0 bridgehead atoms. The van der Waals surface area contributed by atoms with E-state index in [9.17, 15) is 9.59 Å². The van der Waals surface area contributed by atoms with Crippen LogP contribution in [-0.4, -0.2) is 26.0 Å². The Bertz CT molecular complexity index is 726. The van der Waals surface area contributed by atoms with Gasteiger partial charge in [0.15, 0.2) is 11.5 Å². The van der Waals surface area contributed by atoms with Gasteiger partial charge in [-0.2, -0.15) is 0 Å². The zero-order valence-corrected chi connectivity index (χ0v) is 16.7. The number of ketones is 1. The third kappa shape index (κ3) is 6.26. The normalized spacial score (nSPS) is 17.3. The SMILES string of the molecule is CCC(C)c1cccc(=O)c(OC)c1.CNC1C=C(C(C)C)C=CC1=O.[HH]. The van der Waals surface area contributed by atoms with Gasteiger partial charge in [-0.25, -0.2) is 0 Å². The summed E-state index contributed by atoms with van der Waals surface area (Å²) in [5.74, 6) is 1.51. The molecule has 2 unspecified atom stereocenters. The highest BCUT2D eigenvalue weighted by atomic mass is 16.5. The van der Waals surface area contributed by atoms with Crippen molar-refractivity contribution in [2.45, 2.75) is 46.1 Å². The number of rotatable bonds is 5. The molecule has 144 valence electrons. The average Bonchev–Trinajstić information content (AvgIpc) is 2.83. The summed E-state index contributed by atoms with van der Waals surface area (Å²) in [6.45, 7) is 8.51. The second-order valence-electron chi connectivity index (χ2n) is 6.74. The van der Waals surface area contributed by atoms with Crippen molar-refractivity contribution < 1.29 is 11.0 Å². The Labute approximate surface area is 158 Å². The van der Waals surface area contributed by atoms with Gasteiger partial charge in [-0.15, -0.1) is 0 Å². The Hall–Kier alpha value is -2.20. The molecule has 0 aromatic heterocycles. The number of methoxy groups -OCH3 is 1. The van der Waals surface area contributed by atoms with E-state index in [2.05, 4.69) is 33.0 Å². The molecule has 0 spiro atoms. The molecule has 26 heavy (non-hydrogen) atoms. The highest BCUT2D eigenvalue weighted by molar-refractivity contribution is 5.97. The van der Waals surface area contributed by atoms with Crippen molar-refractivity contribution in [3.8, 4) is 5.75 Å². The number of nitrogens with one attached hydrogen (secondary N) is 1. The number of allylic oxidation sites excluding steroid dienone is 2. The van der Waals surface area contributed by atoms with Crippen LogP contribution in [-0.2, 0) is 4.79 Å². The van der Waals surface area contributed by atoms with Gasteiger partial charge in [0.05, 0.1) is 13.2 Å². The second kappa shape index (κ2) is 10.7. The van der Waals surface area contributed by atoms with Crippen LogP contribution < -0.4 is 15.5 Å². The molecule has 2 rings (SSSR count). The molecule has 0 aliphatic heterocycles. The number of hydrogen-bond donors (Lipinski definition) is 1. The molecule has 1 aromatic rings. The second-order valence-corrected chi connectivity index (χ2v) is 6.74. The number of likely N-dealkylation sites (N-methyl/N-ethyl adjacent to an activating group) is 1. The fourth-order valence-electron chi connectivity index (χ4n) is 2.52. The summed E-state index contributed by atoms with van der Waals surface area (Å²) in [7, 11) is 3.33. The molecule has 4 heteroatoms. The van der Waals surface area contributed by atoms with Gasteiger partial charge in [0, 0.05) is 1.43 Å². The lowest BCUT2D eigenvalue weighted by Crippen LogP contribution is -2.33. The van der Waals surface area contributed by atoms with Crippen LogP contribution in [0.3, 0.4) is 0 Å². The Morgan fingerprint density at radius 2 is 1.88 bits per heavy atom. The van der Waals surface area contributed by atoms with E-state index in [-0.39, 0.29) is 18.7 Å². The van der Waals surface area contributed by atoms with Crippen LogP contribution in [0.1, 0.15) is 47.0 Å². The summed E-state index contributed by atoms with van der Waals surface area (Å²) in [5, 5.41) is 2.96. The van der Waals surface area contributed by atoms with Gasteiger partial charge in [0.2, 0.25) is 5.43 Å². The third-order valence-corrected chi connectivity index (χ3v) is 4.56. The molecular formula is C22H33NO3. The van der Waals surface area contributed by atoms with Gasteiger partial charge in [0.25, 0.3) is 0 Å². The molecule has 2 atom stereocenters. The van der Waals surface area contributed by atoms with Crippen molar-refractivity contribution in [1.82, 2.24) is 5.32 Å². The Kier molecular flexibility index (Phi) is 9.00. The smallest absolute Gasteiger partial charge is 0.220 e. The topological polar surface area (TPSA) is 55.4 Å². The highest BCUT2D eigenvalue weighted by Crippen LogP contribution is 2.19. The zero-order valence-electron chi connectivity index (χ0n) is 16.7. The van der Waals surface area contributed by atoms with Gasteiger partial charge < -0.3 is 10.1 Å². The summed E-state index contributed by atoms with van der Waals surface area (Å²) < 4.78 is 5.03. The van der Waals surface area contributed by atoms with Crippen molar-refractivity contribution in [2.75, 3.05) is 14.2 Å². The van der Waals surface area contributed by atoms with E-state index in [0.717, 1.165) is 12.0 Å². The zero-order chi connectivity index (χ0) is 19.7. The fraction of sp³-hybridized carbons (Fsp3) is 0.455. The van der Waals surface area contributed by atoms with Crippen molar-refractivity contribution in [1.29, 1.82) is 0 Å². The minimum absolute atomic E-state index is 0. The Morgan fingerprint density at radius 3 is 2.42 bits per heavy atom. The predicted molar refractivity (Wildman–Crippen MR) is 110 cm³/mol. The molecular weight excluding hydrogens is 326 g/mol. The summed E-state index contributed by atoms with van der Waals surface area (Å²) in [6, 6.07) is 7.00. The van der Waals surface area contributed by atoms with Crippen LogP contribution in [0.25, 0.3) is 0 Å². The van der Waals surface area contributed by atoms with E-state index < -0.39 is 0 Å². The first kappa shape index (κ1) is 21.8. The lowest BCUT2D eigenvalue weighted by molar-refractivity contribution is -0.115. The van der Waals surface area contributed by atoms with Crippen molar-refractivity contribution in [3.05, 3.63) is 63.9 Å². The molecule has 1 aliphatic carbocycles. The molecule has 1 N–H and O–H groups in total. The first-order valence-electron chi connectivity index (χ1n) is 9.13. The fourth-order valence-corrected chi connectivity index (χ4v) is 2.52. The van der Waals surface area contributed by atoms with Crippen LogP contribution in [0.2, 0.25) is 0 Å². The summed E-state index contributed by atoms with van der Waals surface area (Å²) in [5.41, 5.74) is 2.31. The highest BCUT2D eigenvalue weighted by Gasteiger charge is 2.16. The van der Waals surface area contributed by atoms with Crippen molar-refractivity contribution in [2.24, 2.45) is 5.92 Å². The predicted octanol–water partition coefficient (Wildman–Crippen LogP) is 4.11. The quantitative estimate of drug-likeness (QED) is 0.859. The molecule has 0 saturated heterocycles. The summed E-state index contributed by atoms with van der Waals surface area (Å²) in [4.78, 5) is 22.6. The first-order valence-corrected chi connectivity index (χ1v) is 9.13. The van der Waals surface area contributed by atoms with Gasteiger partial charge in [-0.3, -0.25) is 9.59 Å². The molecule has 1 aliphatic rings. The number of hydrogen-bond acceptors (Lipinski definition) is 4. The molecule has 0 amide bonds. The standard InChI is InChI=1S/C12H16O2.C10H15NO.H2/c1-4-9(2)10-6-5-7-11(13)12(8-10)14-3;1-7(2)8-4-5-10(12)9(6-8)11-3;/h5-9H,4H2,1-3H3;4-7,9,11H,1-3H3;1H. The van der Waals surface area contributed by atoms with Gasteiger partial charge in [0.1, 0.15) is 0 Å². The first-order chi connectivity index (χ1) is 12.3. The molecule has 0 fully saturated rings. The molecule has 4 nitrogen and oxygen atoms in total. The van der Waals surface area contributed by atoms with E-state index >= 15 is 0 Å². The van der Waals surface area contributed by atoms with Crippen LogP contribution >= 0.6 is 0 Å². The summed E-state index contributed by atoms with van der Waals surface area (Å²) in [6.07, 6.45) is 6.60. The van der Waals surface area contributed by atoms with Crippen LogP contribution in [0.4, 0.5) is 0 Å². The average molecular weight is 360 g/mol. The number of carbonyl (C=O) groups excluding carboxylic acids is 1. The van der Waals surface area contributed by atoms with Gasteiger partial charge in [-0.05, 0) is 54.6 Å². The van der Waals surface area contributed by atoms with E-state index in [4.69, 9.17) is 4.74 Å². The monoisotopic (exact) mass is 359 g/mol. The molecule has 1 aromatic carbocycles. The number of ether oxygens (including phenoxy) is 1. The maximum Gasteiger partial charge on any atom is 0.220 e. The molecule has 0 radical (unpaired) electrons. The number of carbonyl (C=O) groups is 1. The lowest BCUT2D eigenvalue weighted by Gasteiger charge is -2.16. The molecule has 0 heterocycles. The lowest BCUT2D eigenvalue weighted by atomic mass is 9.94. The largest absolute Gasteiger partial charge is 0.493 e. The minimum Gasteiger partial charge on any atom is -0.493 e. The summed E-state index contributed by atoms with van der Waals surface area (Å²) >= 11 is 0. The van der Waals surface area contributed by atoms with E-state index in [1.54, 1.807) is 19.2 Å². The van der Waals surface area contributed by atoms with Crippen LogP contribution in [0, 0.1) is 5.92 Å². The van der Waals surface area contributed by atoms with Crippen LogP contribution in [0.5, 0.6) is 5.75 Å².